The minimum Gasteiger partial charge on any atom is -0.484 e. The number of hydrogen-bond donors (Lipinski definition) is 0. The van der Waals surface area contributed by atoms with Gasteiger partial charge in [0.25, 0.3) is 5.91 Å². The van der Waals surface area contributed by atoms with Gasteiger partial charge in [0.2, 0.25) is 0 Å². The lowest BCUT2D eigenvalue weighted by molar-refractivity contribution is -0.132. The minimum atomic E-state index is -0.0947. The Morgan fingerprint density at radius 2 is 2.08 bits per heavy atom. The molecule has 8 heteroatoms. The normalized spacial score (nSPS) is 15.0. The third-order valence-corrected chi connectivity index (χ3v) is 5.20. The Morgan fingerprint density at radius 3 is 2.81 bits per heavy atom. The van der Waals surface area contributed by atoms with E-state index in [4.69, 9.17) is 21.1 Å². The number of benzene rings is 1. The van der Waals surface area contributed by atoms with Crippen LogP contribution in [-0.4, -0.2) is 60.6 Å². The highest BCUT2D eigenvalue weighted by atomic mass is 35.5. The summed E-state index contributed by atoms with van der Waals surface area (Å²) in [4.78, 5) is 20.8. The summed E-state index contributed by atoms with van der Waals surface area (Å²) in [7, 11) is 1.76. The van der Waals surface area contributed by atoms with Crippen LogP contribution >= 0.6 is 22.9 Å². The molecule has 0 N–H and O–H groups in total. The molecule has 0 aliphatic carbocycles. The topological polar surface area (TPSA) is 54.9 Å². The van der Waals surface area contributed by atoms with E-state index in [-0.39, 0.29) is 12.5 Å². The van der Waals surface area contributed by atoms with Gasteiger partial charge in [-0.3, -0.25) is 9.69 Å². The first kappa shape index (κ1) is 19.1. The van der Waals surface area contributed by atoms with Crippen molar-refractivity contribution in [1.29, 1.82) is 0 Å². The molecule has 1 amide bonds. The summed E-state index contributed by atoms with van der Waals surface area (Å²) in [5.74, 6) is 0.528. The number of amides is 1. The molecular formula is C18H22ClN3O3S. The molecule has 1 aliphatic heterocycles. The van der Waals surface area contributed by atoms with Crippen molar-refractivity contribution in [2.24, 2.45) is 0 Å². The maximum absolute atomic E-state index is 12.2. The molecule has 0 radical (unpaired) electrons. The average molecular weight is 396 g/mol. The van der Waals surface area contributed by atoms with Crippen molar-refractivity contribution in [3.05, 3.63) is 45.4 Å². The predicted octanol–water partition coefficient (Wildman–Crippen LogP) is 2.67. The van der Waals surface area contributed by atoms with E-state index < -0.39 is 0 Å². The van der Waals surface area contributed by atoms with Crippen LogP contribution in [0.2, 0.25) is 5.02 Å². The number of rotatable bonds is 7. The number of likely N-dealkylation sites (N-methyl/N-ethyl adjacent to an activating group) is 1. The molecule has 1 fully saturated rings. The standard InChI is InChI=1S/C18H22ClN3O3S/c1-21(18(23)12-25-16-4-2-14(19)3-5-16)10-15-13-26-17(20-15)11-22-6-8-24-9-7-22/h2-5,13H,6-12H2,1H3. The van der Waals surface area contributed by atoms with Crippen LogP contribution in [0, 0.1) is 0 Å². The number of nitrogens with zero attached hydrogens (tertiary/aromatic N) is 3. The summed E-state index contributed by atoms with van der Waals surface area (Å²) in [6.45, 7) is 4.74. The Hall–Kier alpha value is -1.67. The molecule has 1 saturated heterocycles. The molecule has 0 spiro atoms. The molecular weight excluding hydrogens is 374 g/mol. The lowest BCUT2D eigenvalue weighted by Gasteiger charge is -2.25. The van der Waals surface area contributed by atoms with Gasteiger partial charge in [0, 0.05) is 30.5 Å². The molecule has 2 heterocycles. The Balaban J connectivity index is 1.45. The third-order valence-electron chi connectivity index (χ3n) is 4.06. The van der Waals surface area contributed by atoms with Gasteiger partial charge in [0.15, 0.2) is 6.61 Å². The van der Waals surface area contributed by atoms with Crippen molar-refractivity contribution in [2.75, 3.05) is 40.0 Å². The van der Waals surface area contributed by atoms with Crippen LogP contribution in [0.1, 0.15) is 10.7 Å². The lowest BCUT2D eigenvalue weighted by Crippen LogP contribution is -2.35. The van der Waals surface area contributed by atoms with E-state index in [1.165, 1.54) is 0 Å². The van der Waals surface area contributed by atoms with Crippen molar-refractivity contribution in [1.82, 2.24) is 14.8 Å². The van der Waals surface area contributed by atoms with Gasteiger partial charge in [0.1, 0.15) is 10.8 Å². The second-order valence-electron chi connectivity index (χ2n) is 6.11. The van der Waals surface area contributed by atoms with Crippen molar-refractivity contribution < 1.29 is 14.3 Å². The van der Waals surface area contributed by atoms with E-state index in [1.807, 2.05) is 5.38 Å². The SMILES string of the molecule is CN(Cc1csc(CN2CCOCC2)n1)C(=O)COc1ccc(Cl)cc1. The Morgan fingerprint density at radius 1 is 1.35 bits per heavy atom. The van der Waals surface area contributed by atoms with E-state index in [0.717, 1.165) is 43.5 Å². The average Bonchev–Trinajstić information content (AvgIpc) is 3.08. The van der Waals surface area contributed by atoms with Gasteiger partial charge < -0.3 is 14.4 Å². The van der Waals surface area contributed by atoms with E-state index in [9.17, 15) is 4.79 Å². The maximum Gasteiger partial charge on any atom is 0.260 e. The zero-order chi connectivity index (χ0) is 18.4. The van der Waals surface area contributed by atoms with Gasteiger partial charge in [-0.1, -0.05) is 11.6 Å². The summed E-state index contributed by atoms with van der Waals surface area (Å²) < 4.78 is 10.9. The van der Waals surface area contributed by atoms with Gasteiger partial charge in [-0.15, -0.1) is 11.3 Å². The van der Waals surface area contributed by atoms with Crippen molar-refractivity contribution in [3.8, 4) is 5.75 Å². The van der Waals surface area contributed by atoms with Crippen molar-refractivity contribution in [2.45, 2.75) is 13.1 Å². The largest absolute Gasteiger partial charge is 0.484 e. The van der Waals surface area contributed by atoms with Crippen LogP contribution < -0.4 is 4.74 Å². The zero-order valence-corrected chi connectivity index (χ0v) is 16.3. The highest BCUT2D eigenvalue weighted by molar-refractivity contribution is 7.09. The van der Waals surface area contributed by atoms with Gasteiger partial charge in [0.05, 0.1) is 32.0 Å². The number of morpholine rings is 1. The first-order chi connectivity index (χ1) is 12.6. The molecule has 0 bridgehead atoms. The third kappa shape index (κ3) is 5.67. The number of hydrogen-bond acceptors (Lipinski definition) is 6. The quantitative estimate of drug-likeness (QED) is 0.721. The fraction of sp³-hybridized carbons (Fsp3) is 0.444. The van der Waals surface area contributed by atoms with E-state index in [1.54, 1.807) is 47.5 Å². The molecule has 1 aromatic carbocycles. The van der Waals surface area contributed by atoms with E-state index in [0.29, 0.717) is 17.3 Å². The fourth-order valence-electron chi connectivity index (χ4n) is 2.56. The molecule has 6 nitrogen and oxygen atoms in total. The Kier molecular flexibility index (Phi) is 6.85. The molecule has 0 saturated carbocycles. The van der Waals surface area contributed by atoms with Gasteiger partial charge in [-0.25, -0.2) is 4.98 Å². The minimum absolute atomic E-state index is 0.0110. The second kappa shape index (κ2) is 9.32. The van der Waals surface area contributed by atoms with Crippen LogP contribution in [0.25, 0.3) is 0 Å². The summed E-state index contributed by atoms with van der Waals surface area (Å²) in [5.41, 5.74) is 0.903. The highest BCUT2D eigenvalue weighted by Gasteiger charge is 2.15. The summed E-state index contributed by atoms with van der Waals surface area (Å²) in [5, 5.41) is 3.72. The van der Waals surface area contributed by atoms with Crippen molar-refractivity contribution in [3.63, 3.8) is 0 Å². The summed E-state index contributed by atoms with van der Waals surface area (Å²) >= 11 is 7.47. The maximum atomic E-state index is 12.2. The molecule has 1 aliphatic rings. The highest BCUT2D eigenvalue weighted by Crippen LogP contribution is 2.16. The van der Waals surface area contributed by atoms with E-state index in [2.05, 4.69) is 9.88 Å². The molecule has 140 valence electrons. The fourth-order valence-corrected chi connectivity index (χ4v) is 3.51. The van der Waals surface area contributed by atoms with Gasteiger partial charge >= 0.3 is 0 Å². The van der Waals surface area contributed by atoms with Crippen LogP contribution in [0.3, 0.4) is 0 Å². The summed E-state index contributed by atoms with van der Waals surface area (Å²) in [6, 6.07) is 6.95. The predicted molar refractivity (Wildman–Crippen MR) is 102 cm³/mol. The zero-order valence-electron chi connectivity index (χ0n) is 14.7. The van der Waals surface area contributed by atoms with Crippen LogP contribution in [0.5, 0.6) is 5.75 Å². The number of ether oxygens (including phenoxy) is 2. The molecule has 0 atom stereocenters. The van der Waals surface area contributed by atoms with Gasteiger partial charge in [-0.05, 0) is 24.3 Å². The molecule has 0 unspecified atom stereocenters. The lowest BCUT2D eigenvalue weighted by atomic mass is 10.3. The molecule has 26 heavy (non-hydrogen) atoms. The molecule has 1 aromatic heterocycles. The number of aromatic nitrogens is 1. The monoisotopic (exact) mass is 395 g/mol. The smallest absolute Gasteiger partial charge is 0.260 e. The summed E-state index contributed by atoms with van der Waals surface area (Å²) in [6.07, 6.45) is 0. The first-order valence-corrected chi connectivity index (χ1v) is 9.71. The molecule has 3 rings (SSSR count). The van der Waals surface area contributed by atoms with Crippen LogP contribution in [0.15, 0.2) is 29.6 Å². The van der Waals surface area contributed by atoms with Crippen LogP contribution in [0.4, 0.5) is 0 Å². The number of halogens is 1. The first-order valence-electron chi connectivity index (χ1n) is 8.46. The second-order valence-corrected chi connectivity index (χ2v) is 7.49. The Bertz CT molecular complexity index is 717. The Labute approximate surface area is 162 Å². The number of carbonyl (C=O) groups is 1. The van der Waals surface area contributed by atoms with Gasteiger partial charge in [-0.2, -0.15) is 0 Å². The number of carbonyl (C=O) groups excluding carboxylic acids is 1. The van der Waals surface area contributed by atoms with E-state index >= 15 is 0 Å². The van der Waals surface area contributed by atoms with Crippen LogP contribution in [-0.2, 0) is 22.6 Å². The van der Waals surface area contributed by atoms with Crippen molar-refractivity contribution >= 4 is 28.8 Å². The molecule has 2 aromatic rings. The number of thiazole rings is 1.